The third-order valence-corrected chi connectivity index (χ3v) is 3.34. The second-order valence-corrected chi connectivity index (χ2v) is 4.94. The fraction of sp³-hybridized carbons (Fsp3) is 0.0556. The molecule has 0 aromatic heterocycles. The van der Waals surface area contributed by atoms with Crippen LogP contribution in [0.4, 0.5) is 15.8 Å². The Kier molecular flexibility index (Phi) is 4.01. The lowest BCUT2D eigenvalue weighted by Crippen LogP contribution is -2.21. The van der Waals surface area contributed by atoms with Gasteiger partial charge in [0.25, 0.3) is 0 Å². The van der Waals surface area contributed by atoms with Crippen LogP contribution in [0.25, 0.3) is 10.8 Å². The fourth-order valence-electron chi connectivity index (χ4n) is 2.31. The van der Waals surface area contributed by atoms with Crippen LogP contribution < -0.4 is 10.6 Å². The minimum Gasteiger partial charge on any atom is -0.376 e. The summed E-state index contributed by atoms with van der Waals surface area (Å²) in [5, 5.41) is 7.83. The number of hydrogen-bond donors (Lipinski definition) is 2. The van der Waals surface area contributed by atoms with Gasteiger partial charge in [-0.2, -0.15) is 0 Å². The van der Waals surface area contributed by atoms with Crippen molar-refractivity contribution in [3.05, 3.63) is 72.5 Å². The van der Waals surface area contributed by atoms with Crippen LogP contribution in [0.1, 0.15) is 0 Å². The Bertz CT molecular complexity index is 812. The van der Waals surface area contributed by atoms with Gasteiger partial charge >= 0.3 is 0 Å². The van der Waals surface area contributed by atoms with E-state index in [2.05, 4.69) is 10.6 Å². The van der Waals surface area contributed by atoms with Gasteiger partial charge in [-0.05, 0) is 29.7 Å². The number of fused-ring (bicyclic) bond motifs is 1. The van der Waals surface area contributed by atoms with Crippen LogP contribution in [-0.4, -0.2) is 12.5 Å². The van der Waals surface area contributed by atoms with E-state index in [1.807, 2.05) is 42.5 Å². The highest BCUT2D eigenvalue weighted by atomic mass is 19.1. The van der Waals surface area contributed by atoms with Crippen molar-refractivity contribution >= 4 is 28.1 Å². The van der Waals surface area contributed by atoms with E-state index in [0.29, 0.717) is 5.69 Å². The highest BCUT2D eigenvalue weighted by Gasteiger charge is 2.05. The monoisotopic (exact) mass is 294 g/mol. The average molecular weight is 294 g/mol. The zero-order valence-corrected chi connectivity index (χ0v) is 11.8. The van der Waals surface area contributed by atoms with Crippen LogP contribution in [0.2, 0.25) is 0 Å². The highest BCUT2D eigenvalue weighted by Crippen LogP contribution is 2.22. The number of carbonyl (C=O) groups excluding carboxylic acids is 1. The Labute approximate surface area is 127 Å². The maximum atomic E-state index is 13.1. The smallest absolute Gasteiger partial charge is 0.243 e. The van der Waals surface area contributed by atoms with E-state index in [-0.39, 0.29) is 18.3 Å². The number of carbonyl (C=O) groups is 1. The molecular weight excluding hydrogens is 279 g/mol. The van der Waals surface area contributed by atoms with Crippen LogP contribution >= 0.6 is 0 Å². The highest BCUT2D eigenvalue weighted by molar-refractivity contribution is 6.03. The van der Waals surface area contributed by atoms with Crippen molar-refractivity contribution in [1.82, 2.24) is 0 Å². The van der Waals surface area contributed by atoms with Crippen LogP contribution in [0.15, 0.2) is 66.7 Å². The minimum absolute atomic E-state index is 0.0761. The number of halogens is 1. The summed E-state index contributed by atoms with van der Waals surface area (Å²) in [6.07, 6.45) is 0. The van der Waals surface area contributed by atoms with Crippen LogP contribution in [0, 0.1) is 5.82 Å². The molecule has 0 bridgehead atoms. The molecule has 0 unspecified atom stereocenters. The number of hydrogen-bond acceptors (Lipinski definition) is 2. The summed E-state index contributed by atoms with van der Waals surface area (Å²) in [5.74, 6) is -0.514. The van der Waals surface area contributed by atoms with Gasteiger partial charge in [-0.25, -0.2) is 4.39 Å². The van der Waals surface area contributed by atoms with Gasteiger partial charge in [0, 0.05) is 16.8 Å². The SMILES string of the molecule is O=C(CNc1cccc(F)c1)Nc1cccc2ccccc12. The molecule has 0 fully saturated rings. The van der Waals surface area contributed by atoms with Crippen LogP contribution in [0.3, 0.4) is 0 Å². The van der Waals surface area contributed by atoms with Crippen molar-refractivity contribution in [2.45, 2.75) is 0 Å². The third kappa shape index (κ3) is 3.23. The van der Waals surface area contributed by atoms with Crippen LogP contribution in [0.5, 0.6) is 0 Å². The van der Waals surface area contributed by atoms with Gasteiger partial charge in [-0.1, -0.05) is 42.5 Å². The molecule has 0 saturated heterocycles. The van der Waals surface area contributed by atoms with Gasteiger partial charge in [0.2, 0.25) is 5.91 Å². The molecule has 0 atom stereocenters. The fourth-order valence-corrected chi connectivity index (χ4v) is 2.31. The minimum atomic E-state index is -0.334. The molecule has 0 radical (unpaired) electrons. The lowest BCUT2D eigenvalue weighted by molar-refractivity contribution is -0.114. The van der Waals surface area contributed by atoms with Gasteiger partial charge < -0.3 is 10.6 Å². The Hall–Kier alpha value is -2.88. The zero-order valence-electron chi connectivity index (χ0n) is 11.8. The molecular formula is C18H15FN2O. The third-order valence-electron chi connectivity index (χ3n) is 3.34. The number of anilines is 2. The molecule has 3 nitrogen and oxygen atoms in total. The van der Waals surface area contributed by atoms with E-state index in [4.69, 9.17) is 0 Å². The van der Waals surface area contributed by atoms with Crippen molar-refractivity contribution in [2.24, 2.45) is 0 Å². The first-order chi connectivity index (χ1) is 10.7. The van der Waals surface area contributed by atoms with E-state index < -0.39 is 0 Å². The predicted molar refractivity (Wildman–Crippen MR) is 87.5 cm³/mol. The summed E-state index contributed by atoms with van der Waals surface area (Å²) in [5.41, 5.74) is 1.34. The number of amides is 1. The number of benzene rings is 3. The van der Waals surface area contributed by atoms with Gasteiger partial charge in [-0.15, -0.1) is 0 Å². The molecule has 3 rings (SSSR count). The molecule has 2 N–H and O–H groups in total. The standard InChI is InChI=1S/C18H15FN2O/c19-14-7-4-8-15(11-14)20-12-18(22)21-17-10-3-6-13-5-1-2-9-16(13)17/h1-11,20H,12H2,(H,21,22). The van der Waals surface area contributed by atoms with Crippen molar-refractivity contribution < 1.29 is 9.18 Å². The molecule has 3 aromatic rings. The molecule has 0 aliphatic heterocycles. The molecule has 0 saturated carbocycles. The van der Waals surface area contributed by atoms with E-state index in [9.17, 15) is 9.18 Å². The number of nitrogens with one attached hydrogen (secondary N) is 2. The lowest BCUT2D eigenvalue weighted by Gasteiger charge is -2.10. The van der Waals surface area contributed by atoms with Gasteiger partial charge in [0.1, 0.15) is 5.82 Å². The normalized spacial score (nSPS) is 10.4. The molecule has 4 heteroatoms. The first kappa shape index (κ1) is 14.1. The second-order valence-electron chi connectivity index (χ2n) is 4.94. The average Bonchev–Trinajstić information content (AvgIpc) is 2.53. The summed E-state index contributed by atoms with van der Waals surface area (Å²) >= 11 is 0. The Morgan fingerprint density at radius 3 is 2.59 bits per heavy atom. The molecule has 22 heavy (non-hydrogen) atoms. The largest absolute Gasteiger partial charge is 0.376 e. The van der Waals surface area contributed by atoms with E-state index in [0.717, 1.165) is 16.5 Å². The maximum absolute atomic E-state index is 13.1. The quantitative estimate of drug-likeness (QED) is 0.762. The van der Waals surface area contributed by atoms with E-state index in [1.165, 1.54) is 12.1 Å². The molecule has 0 spiro atoms. The second kappa shape index (κ2) is 6.26. The Morgan fingerprint density at radius 1 is 0.955 bits per heavy atom. The molecule has 0 heterocycles. The summed E-state index contributed by atoms with van der Waals surface area (Å²) in [6.45, 7) is 0.0761. The van der Waals surface area contributed by atoms with Crippen molar-refractivity contribution in [2.75, 3.05) is 17.2 Å². The Morgan fingerprint density at radius 2 is 1.73 bits per heavy atom. The first-order valence-corrected chi connectivity index (χ1v) is 6.99. The molecule has 110 valence electrons. The number of rotatable bonds is 4. The molecule has 0 aliphatic carbocycles. The van der Waals surface area contributed by atoms with Crippen LogP contribution in [-0.2, 0) is 4.79 Å². The summed E-state index contributed by atoms with van der Waals surface area (Å²) in [7, 11) is 0. The Balaban J connectivity index is 1.68. The summed E-state index contributed by atoms with van der Waals surface area (Å²) in [4.78, 5) is 12.0. The van der Waals surface area contributed by atoms with E-state index >= 15 is 0 Å². The van der Waals surface area contributed by atoms with Gasteiger partial charge in [0.15, 0.2) is 0 Å². The topological polar surface area (TPSA) is 41.1 Å². The van der Waals surface area contributed by atoms with Gasteiger partial charge in [-0.3, -0.25) is 4.79 Å². The molecule has 1 amide bonds. The maximum Gasteiger partial charge on any atom is 0.243 e. The van der Waals surface area contributed by atoms with Crippen molar-refractivity contribution in [3.63, 3.8) is 0 Å². The van der Waals surface area contributed by atoms with Crippen molar-refractivity contribution in [3.8, 4) is 0 Å². The first-order valence-electron chi connectivity index (χ1n) is 6.99. The summed E-state index contributed by atoms with van der Waals surface area (Å²) in [6, 6.07) is 19.6. The van der Waals surface area contributed by atoms with Crippen molar-refractivity contribution in [1.29, 1.82) is 0 Å². The molecule has 0 aliphatic rings. The summed E-state index contributed by atoms with van der Waals surface area (Å²) < 4.78 is 13.1. The van der Waals surface area contributed by atoms with E-state index in [1.54, 1.807) is 12.1 Å². The lowest BCUT2D eigenvalue weighted by atomic mass is 10.1. The van der Waals surface area contributed by atoms with Gasteiger partial charge in [0.05, 0.1) is 6.54 Å². The zero-order chi connectivity index (χ0) is 15.4. The predicted octanol–water partition coefficient (Wildman–Crippen LogP) is 4.03. The molecule has 3 aromatic carbocycles.